The molecule has 2 aromatic heterocycles. The number of rotatable bonds is 5. The number of hydrogen-bond donors (Lipinski definition) is 1. The van der Waals surface area contributed by atoms with E-state index in [0.29, 0.717) is 17.0 Å². The van der Waals surface area contributed by atoms with Crippen molar-refractivity contribution < 1.29 is 9.59 Å². The van der Waals surface area contributed by atoms with Gasteiger partial charge in [-0.05, 0) is 31.7 Å². The van der Waals surface area contributed by atoms with Gasteiger partial charge in [-0.3, -0.25) is 9.59 Å². The molecule has 0 radical (unpaired) electrons. The van der Waals surface area contributed by atoms with Crippen LogP contribution in [-0.4, -0.2) is 55.2 Å². The molecular formula is C18H23N5O2S. The lowest BCUT2D eigenvalue weighted by Gasteiger charge is -2.13. The second-order valence-corrected chi connectivity index (χ2v) is 7.82. The fraction of sp³-hybridized carbons (Fsp3) is 0.556. The summed E-state index contributed by atoms with van der Waals surface area (Å²) in [4.78, 5) is 29.7. The van der Waals surface area contributed by atoms with Gasteiger partial charge in [0.1, 0.15) is 11.5 Å². The van der Waals surface area contributed by atoms with E-state index in [2.05, 4.69) is 19.7 Å². The fourth-order valence-electron chi connectivity index (χ4n) is 3.55. The molecule has 1 N–H and O–H groups in total. The molecule has 1 amide bonds. The van der Waals surface area contributed by atoms with Crippen molar-refractivity contribution in [3.8, 4) is 0 Å². The molecule has 2 aromatic rings. The maximum Gasteiger partial charge on any atom is 0.270 e. The van der Waals surface area contributed by atoms with Gasteiger partial charge in [0, 0.05) is 37.8 Å². The van der Waals surface area contributed by atoms with E-state index in [0.717, 1.165) is 62.7 Å². The highest BCUT2D eigenvalue weighted by Crippen LogP contribution is 2.23. The van der Waals surface area contributed by atoms with E-state index in [1.54, 1.807) is 12.3 Å². The first-order valence-corrected chi connectivity index (χ1v) is 10.3. The SMILES string of the molecule is O=C(CSc1nnc2n1CCCCC2)c1c[nH]c(C(=O)N2CCCC2)c1. The van der Waals surface area contributed by atoms with Crippen LogP contribution in [0.1, 0.15) is 58.8 Å². The van der Waals surface area contributed by atoms with Crippen molar-refractivity contribution in [2.75, 3.05) is 18.8 Å². The number of carbonyl (C=O) groups excluding carboxylic acids is 2. The van der Waals surface area contributed by atoms with E-state index >= 15 is 0 Å². The molecule has 0 unspecified atom stereocenters. The Morgan fingerprint density at radius 2 is 1.88 bits per heavy atom. The second kappa shape index (κ2) is 7.65. The number of nitrogens with one attached hydrogen (secondary N) is 1. The van der Waals surface area contributed by atoms with Crippen LogP contribution in [0.25, 0.3) is 0 Å². The number of thioether (sulfide) groups is 1. The number of carbonyl (C=O) groups is 2. The Balaban J connectivity index is 1.38. The lowest BCUT2D eigenvalue weighted by atomic mass is 10.2. The van der Waals surface area contributed by atoms with Gasteiger partial charge in [-0.25, -0.2) is 0 Å². The molecule has 4 rings (SSSR count). The number of aryl methyl sites for hydroxylation is 1. The van der Waals surface area contributed by atoms with Crippen molar-refractivity contribution in [2.45, 2.75) is 50.2 Å². The first-order chi connectivity index (χ1) is 12.7. The summed E-state index contributed by atoms with van der Waals surface area (Å²) < 4.78 is 2.14. The van der Waals surface area contributed by atoms with E-state index < -0.39 is 0 Å². The molecule has 0 saturated carbocycles. The summed E-state index contributed by atoms with van der Waals surface area (Å²) >= 11 is 1.43. The summed E-state index contributed by atoms with van der Waals surface area (Å²) in [6, 6.07) is 1.67. The van der Waals surface area contributed by atoms with Crippen LogP contribution in [-0.2, 0) is 13.0 Å². The Labute approximate surface area is 156 Å². The first-order valence-electron chi connectivity index (χ1n) is 9.28. The quantitative estimate of drug-likeness (QED) is 0.643. The average molecular weight is 373 g/mol. The smallest absolute Gasteiger partial charge is 0.270 e. The van der Waals surface area contributed by atoms with Crippen molar-refractivity contribution in [3.05, 3.63) is 29.3 Å². The van der Waals surface area contributed by atoms with Gasteiger partial charge in [-0.1, -0.05) is 18.2 Å². The summed E-state index contributed by atoms with van der Waals surface area (Å²) in [7, 11) is 0. The van der Waals surface area contributed by atoms with Gasteiger partial charge in [-0.2, -0.15) is 0 Å². The zero-order valence-corrected chi connectivity index (χ0v) is 15.6. The van der Waals surface area contributed by atoms with Crippen LogP contribution in [0.5, 0.6) is 0 Å². The number of aromatic nitrogens is 4. The normalized spacial score (nSPS) is 17.2. The Hall–Kier alpha value is -2.09. The third-order valence-electron chi connectivity index (χ3n) is 5.04. The molecule has 4 heterocycles. The minimum absolute atomic E-state index is 0.00214. The molecule has 7 nitrogen and oxygen atoms in total. The zero-order chi connectivity index (χ0) is 17.9. The molecule has 0 atom stereocenters. The molecule has 26 heavy (non-hydrogen) atoms. The molecule has 0 spiro atoms. The zero-order valence-electron chi connectivity index (χ0n) is 14.7. The third kappa shape index (κ3) is 3.56. The first kappa shape index (κ1) is 17.3. The fourth-order valence-corrected chi connectivity index (χ4v) is 4.43. The van der Waals surface area contributed by atoms with Crippen molar-refractivity contribution in [1.29, 1.82) is 0 Å². The van der Waals surface area contributed by atoms with Gasteiger partial charge in [0.05, 0.1) is 5.75 Å². The number of ketones is 1. The third-order valence-corrected chi connectivity index (χ3v) is 6.00. The van der Waals surface area contributed by atoms with Gasteiger partial charge >= 0.3 is 0 Å². The largest absolute Gasteiger partial charge is 0.356 e. The van der Waals surface area contributed by atoms with Crippen molar-refractivity contribution in [1.82, 2.24) is 24.6 Å². The Morgan fingerprint density at radius 1 is 1.08 bits per heavy atom. The number of amides is 1. The maximum atomic E-state index is 12.5. The molecule has 2 aliphatic rings. The minimum atomic E-state index is -0.0167. The van der Waals surface area contributed by atoms with Crippen molar-refractivity contribution in [3.63, 3.8) is 0 Å². The van der Waals surface area contributed by atoms with Crippen LogP contribution >= 0.6 is 11.8 Å². The molecule has 8 heteroatoms. The van der Waals surface area contributed by atoms with E-state index in [-0.39, 0.29) is 11.7 Å². The van der Waals surface area contributed by atoms with E-state index in [1.165, 1.54) is 18.2 Å². The Kier molecular flexibility index (Phi) is 5.10. The highest BCUT2D eigenvalue weighted by molar-refractivity contribution is 7.99. The van der Waals surface area contributed by atoms with Crippen LogP contribution < -0.4 is 0 Å². The predicted octanol–water partition coefficient (Wildman–Crippen LogP) is 2.54. The summed E-state index contributed by atoms with van der Waals surface area (Å²) in [5.41, 5.74) is 1.05. The van der Waals surface area contributed by atoms with Gasteiger partial charge in [0.15, 0.2) is 10.9 Å². The standard InChI is InChI=1S/C18H23N5O2S/c24-15(12-26-18-21-20-16-6-2-1-3-9-23(16)18)13-10-14(19-11-13)17(25)22-7-4-5-8-22/h10-11,19H,1-9,12H2. The van der Waals surface area contributed by atoms with Crippen molar-refractivity contribution in [2.24, 2.45) is 0 Å². The molecule has 0 bridgehead atoms. The van der Waals surface area contributed by atoms with Gasteiger partial charge in [0.25, 0.3) is 5.91 Å². The number of fused-ring (bicyclic) bond motifs is 1. The highest BCUT2D eigenvalue weighted by Gasteiger charge is 2.22. The molecule has 1 fully saturated rings. The lowest BCUT2D eigenvalue weighted by molar-refractivity contribution is 0.0787. The van der Waals surface area contributed by atoms with Gasteiger partial charge < -0.3 is 14.5 Å². The Morgan fingerprint density at radius 3 is 2.73 bits per heavy atom. The van der Waals surface area contributed by atoms with E-state index in [4.69, 9.17) is 0 Å². The number of Topliss-reactive ketones (excluding diaryl/α,β-unsaturated/α-hetero) is 1. The maximum absolute atomic E-state index is 12.5. The number of H-pyrrole nitrogens is 1. The molecular weight excluding hydrogens is 350 g/mol. The summed E-state index contributed by atoms with van der Waals surface area (Å²) in [6.07, 6.45) is 8.20. The number of likely N-dealkylation sites (tertiary alicyclic amines) is 1. The number of aromatic amines is 1. The van der Waals surface area contributed by atoms with Crippen molar-refractivity contribution >= 4 is 23.5 Å². The lowest BCUT2D eigenvalue weighted by Crippen LogP contribution is -2.27. The summed E-state index contributed by atoms with van der Waals surface area (Å²) in [5.74, 6) is 1.31. The van der Waals surface area contributed by atoms with Crippen LogP contribution in [0.15, 0.2) is 17.4 Å². The summed E-state index contributed by atoms with van der Waals surface area (Å²) in [6.45, 7) is 2.53. The summed E-state index contributed by atoms with van der Waals surface area (Å²) in [5, 5.41) is 9.33. The molecule has 0 aliphatic carbocycles. The second-order valence-electron chi connectivity index (χ2n) is 6.87. The van der Waals surface area contributed by atoms with Crippen LogP contribution in [0.4, 0.5) is 0 Å². The average Bonchev–Trinajstić information content (AvgIpc) is 3.38. The highest BCUT2D eigenvalue weighted by atomic mass is 32.2. The van der Waals surface area contributed by atoms with Gasteiger partial charge in [0.2, 0.25) is 0 Å². The molecule has 138 valence electrons. The van der Waals surface area contributed by atoms with Crippen LogP contribution in [0, 0.1) is 0 Å². The van der Waals surface area contributed by atoms with E-state index in [9.17, 15) is 9.59 Å². The number of nitrogens with zero attached hydrogens (tertiary/aromatic N) is 4. The molecule has 0 aromatic carbocycles. The molecule has 2 aliphatic heterocycles. The van der Waals surface area contributed by atoms with Crippen LogP contribution in [0.3, 0.4) is 0 Å². The predicted molar refractivity (Wildman–Crippen MR) is 98.6 cm³/mol. The number of hydrogen-bond acceptors (Lipinski definition) is 5. The van der Waals surface area contributed by atoms with E-state index in [1.807, 2.05) is 4.90 Å². The van der Waals surface area contributed by atoms with Gasteiger partial charge in [-0.15, -0.1) is 10.2 Å². The minimum Gasteiger partial charge on any atom is -0.356 e. The Bertz CT molecular complexity index is 806. The topological polar surface area (TPSA) is 83.9 Å². The monoisotopic (exact) mass is 373 g/mol. The van der Waals surface area contributed by atoms with Crippen LogP contribution in [0.2, 0.25) is 0 Å². The molecule has 1 saturated heterocycles.